The minimum Gasteiger partial charge on any atom is -0.395 e. The summed E-state index contributed by atoms with van der Waals surface area (Å²) in [6.07, 6.45) is 7.77. The van der Waals surface area contributed by atoms with Gasteiger partial charge in [0.25, 0.3) is 0 Å². The molecule has 0 N–H and O–H groups in total. The Morgan fingerprint density at radius 2 is 1.79 bits per heavy atom. The SMILES string of the molecule is C=C/C(=C\C=C/C)C(C)(C)C(C)(C)c1oc(=O)oc1COC.CC. The van der Waals surface area contributed by atoms with E-state index < -0.39 is 11.2 Å². The van der Waals surface area contributed by atoms with Gasteiger partial charge in [-0.25, -0.2) is 4.79 Å². The Kier molecular flexibility index (Phi) is 8.76. The molecular formula is C20H32O4. The Bertz CT molecular complexity index is 624. The molecule has 0 aliphatic rings. The third-order valence-electron chi connectivity index (χ3n) is 4.46. The summed E-state index contributed by atoms with van der Waals surface area (Å²) in [6, 6.07) is 0. The fourth-order valence-corrected chi connectivity index (χ4v) is 2.39. The molecule has 0 atom stereocenters. The Morgan fingerprint density at radius 1 is 1.21 bits per heavy atom. The first-order chi connectivity index (χ1) is 11.2. The van der Waals surface area contributed by atoms with Crippen molar-refractivity contribution >= 4 is 0 Å². The lowest BCUT2D eigenvalue weighted by atomic mass is 9.62. The second kappa shape index (κ2) is 9.48. The summed E-state index contributed by atoms with van der Waals surface area (Å²) >= 11 is 0. The average Bonchev–Trinajstić information content (AvgIpc) is 2.91. The van der Waals surface area contributed by atoms with E-state index in [-0.39, 0.29) is 12.0 Å². The zero-order valence-corrected chi connectivity index (χ0v) is 16.4. The van der Waals surface area contributed by atoms with Crippen molar-refractivity contribution in [1.82, 2.24) is 0 Å². The van der Waals surface area contributed by atoms with E-state index in [4.69, 9.17) is 13.6 Å². The highest BCUT2D eigenvalue weighted by Crippen LogP contribution is 2.47. The number of hydrogen-bond donors (Lipinski definition) is 0. The zero-order valence-electron chi connectivity index (χ0n) is 16.4. The summed E-state index contributed by atoms with van der Waals surface area (Å²) in [5, 5.41) is 0. The van der Waals surface area contributed by atoms with Crippen LogP contribution in [-0.2, 0) is 16.8 Å². The van der Waals surface area contributed by atoms with Crippen molar-refractivity contribution in [1.29, 1.82) is 0 Å². The van der Waals surface area contributed by atoms with Crippen LogP contribution in [-0.4, -0.2) is 7.11 Å². The number of allylic oxidation sites excluding steroid dienone is 5. The summed E-state index contributed by atoms with van der Waals surface area (Å²) in [7, 11) is 1.55. The highest BCUT2D eigenvalue weighted by atomic mass is 16.6. The number of hydrogen-bond acceptors (Lipinski definition) is 4. The summed E-state index contributed by atoms with van der Waals surface area (Å²) in [5.41, 5.74) is 0.216. The van der Waals surface area contributed by atoms with Gasteiger partial charge in [0.05, 0.1) is 0 Å². The second-order valence-electron chi connectivity index (χ2n) is 6.24. The van der Waals surface area contributed by atoms with Crippen LogP contribution in [0.25, 0.3) is 0 Å². The standard InChI is InChI=1S/C18H26O4.C2H6/c1-8-10-11-13(9-2)17(3,4)18(5,6)15-14(12-20-7)21-16(19)22-15;1-2/h8-11H,2,12H2,1,3-7H3;1-2H3/b10-8-,13-11+;. The molecule has 136 valence electrons. The molecule has 4 heteroatoms. The molecule has 0 radical (unpaired) electrons. The third kappa shape index (κ3) is 4.60. The quantitative estimate of drug-likeness (QED) is 0.626. The summed E-state index contributed by atoms with van der Waals surface area (Å²) in [5.74, 6) is 0.237. The predicted octanol–water partition coefficient (Wildman–Crippen LogP) is 5.40. The molecular weight excluding hydrogens is 304 g/mol. The zero-order chi connectivity index (χ0) is 19.0. The molecule has 0 saturated heterocycles. The number of rotatable bonds is 7. The molecule has 0 spiro atoms. The minimum absolute atomic E-state index is 0.197. The van der Waals surface area contributed by atoms with Crippen LogP contribution < -0.4 is 5.82 Å². The minimum atomic E-state index is -0.705. The maximum absolute atomic E-state index is 11.5. The molecule has 4 nitrogen and oxygen atoms in total. The fraction of sp³-hybridized carbons (Fsp3) is 0.550. The Labute approximate surface area is 145 Å². The van der Waals surface area contributed by atoms with Gasteiger partial charge in [-0.2, -0.15) is 0 Å². The van der Waals surface area contributed by atoms with Crippen LogP contribution in [0.2, 0.25) is 0 Å². The van der Waals surface area contributed by atoms with E-state index in [9.17, 15) is 4.79 Å². The molecule has 0 fully saturated rings. The van der Waals surface area contributed by atoms with Gasteiger partial charge >= 0.3 is 5.82 Å². The first-order valence-electron chi connectivity index (χ1n) is 8.30. The molecule has 24 heavy (non-hydrogen) atoms. The van der Waals surface area contributed by atoms with Crippen LogP contribution in [0.3, 0.4) is 0 Å². The molecule has 0 unspecified atom stereocenters. The van der Waals surface area contributed by atoms with Crippen LogP contribution in [0.4, 0.5) is 0 Å². The van der Waals surface area contributed by atoms with Gasteiger partial charge in [-0.05, 0) is 12.5 Å². The van der Waals surface area contributed by atoms with Gasteiger partial charge in [0, 0.05) is 17.9 Å². The second-order valence-corrected chi connectivity index (χ2v) is 6.24. The van der Waals surface area contributed by atoms with Crippen molar-refractivity contribution in [3.8, 4) is 0 Å². The topological polar surface area (TPSA) is 52.6 Å². The van der Waals surface area contributed by atoms with Gasteiger partial charge < -0.3 is 13.6 Å². The molecule has 1 aromatic heterocycles. The van der Waals surface area contributed by atoms with Crippen molar-refractivity contribution in [2.24, 2.45) is 5.41 Å². The molecule has 0 aliphatic heterocycles. The normalized spacial score (nSPS) is 12.9. The van der Waals surface area contributed by atoms with Crippen molar-refractivity contribution in [3.05, 3.63) is 58.6 Å². The fourth-order valence-electron chi connectivity index (χ4n) is 2.39. The molecule has 0 aromatic carbocycles. The summed E-state index contributed by atoms with van der Waals surface area (Å²) in [4.78, 5) is 11.5. The maximum Gasteiger partial charge on any atom is 0.519 e. The summed E-state index contributed by atoms with van der Waals surface area (Å²) < 4.78 is 15.6. The average molecular weight is 336 g/mol. The van der Waals surface area contributed by atoms with E-state index in [2.05, 4.69) is 20.4 Å². The van der Waals surface area contributed by atoms with Crippen molar-refractivity contribution in [2.45, 2.75) is 60.5 Å². The van der Waals surface area contributed by atoms with Gasteiger partial charge in [0.15, 0.2) is 11.5 Å². The Hall–Kier alpha value is -1.81. The Morgan fingerprint density at radius 3 is 2.25 bits per heavy atom. The lowest BCUT2D eigenvalue weighted by Crippen LogP contribution is -2.38. The Balaban J connectivity index is 0.00000254. The van der Waals surface area contributed by atoms with Gasteiger partial charge in [-0.1, -0.05) is 72.4 Å². The van der Waals surface area contributed by atoms with Gasteiger partial charge in [-0.3, -0.25) is 0 Å². The first-order valence-corrected chi connectivity index (χ1v) is 8.30. The molecule has 0 amide bonds. The van der Waals surface area contributed by atoms with E-state index in [0.29, 0.717) is 11.5 Å². The van der Waals surface area contributed by atoms with Crippen molar-refractivity contribution in [2.75, 3.05) is 7.11 Å². The first kappa shape index (κ1) is 22.2. The molecule has 1 rings (SSSR count). The van der Waals surface area contributed by atoms with Gasteiger partial charge in [0.2, 0.25) is 0 Å². The lowest BCUT2D eigenvalue weighted by molar-refractivity contribution is 0.155. The highest BCUT2D eigenvalue weighted by Gasteiger charge is 2.45. The van der Waals surface area contributed by atoms with Crippen LogP contribution in [0.1, 0.15) is 60.0 Å². The number of methoxy groups -OCH3 is 1. The maximum atomic E-state index is 11.5. The third-order valence-corrected chi connectivity index (χ3v) is 4.46. The lowest BCUT2D eigenvalue weighted by Gasteiger charge is -2.41. The van der Waals surface area contributed by atoms with E-state index in [1.54, 1.807) is 7.11 Å². The molecule has 1 aromatic rings. The molecule has 0 saturated carbocycles. The van der Waals surface area contributed by atoms with Crippen LogP contribution >= 0.6 is 0 Å². The largest absolute Gasteiger partial charge is 0.519 e. The molecule has 0 aliphatic carbocycles. The van der Waals surface area contributed by atoms with Crippen LogP contribution in [0, 0.1) is 5.41 Å². The van der Waals surface area contributed by atoms with Crippen molar-refractivity contribution < 1.29 is 13.6 Å². The van der Waals surface area contributed by atoms with E-state index in [1.807, 2.05) is 58.9 Å². The molecule has 1 heterocycles. The monoisotopic (exact) mass is 336 g/mol. The van der Waals surface area contributed by atoms with Crippen LogP contribution in [0.5, 0.6) is 0 Å². The summed E-state index contributed by atoms with van der Waals surface area (Å²) in [6.45, 7) is 18.3. The highest BCUT2D eigenvalue weighted by molar-refractivity contribution is 5.35. The smallest absolute Gasteiger partial charge is 0.395 e. The van der Waals surface area contributed by atoms with Crippen molar-refractivity contribution in [3.63, 3.8) is 0 Å². The van der Waals surface area contributed by atoms with E-state index >= 15 is 0 Å². The van der Waals surface area contributed by atoms with Gasteiger partial charge in [-0.15, -0.1) is 0 Å². The van der Waals surface area contributed by atoms with E-state index in [0.717, 1.165) is 5.57 Å². The number of ether oxygens (including phenoxy) is 1. The van der Waals surface area contributed by atoms with Gasteiger partial charge in [0.1, 0.15) is 6.61 Å². The predicted molar refractivity (Wildman–Crippen MR) is 99.2 cm³/mol. The molecule has 0 bridgehead atoms. The van der Waals surface area contributed by atoms with Crippen LogP contribution in [0.15, 0.2) is 50.1 Å². The van der Waals surface area contributed by atoms with E-state index in [1.165, 1.54) is 0 Å².